The van der Waals surface area contributed by atoms with E-state index in [9.17, 15) is 5.11 Å². The first-order valence-electron chi connectivity index (χ1n) is 6.36. The summed E-state index contributed by atoms with van der Waals surface area (Å²) >= 11 is 5.89. The fourth-order valence-corrected chi connectivity index (χ4v) is 3.00. The predicted octanol–water partition coefficient (Wildman–Crippen LogP) is 3.36. The molecule has 3 N–H and O–H groups in total. The summed E-state index contributed by atoms with van der Waals surface area (Å²) in [5.41, 5.74) is 7.09. The Kier molecular flexibility index (Phi) is 6.44. The molecule has 0 saturated heterocycles. The average molecular weight is 290 g/mol. The van der Waals surface area contributed by atoms with E-state index in [1.165, 1.54) is 12.0 Å². The van der Waals surface area contributed by atoms with Gasteiger partial charge in [0, 0.05) is 10.9 Å². The van der Waals surface area contributed by atoms with E-state index in [1.807, 2.05) is 24.3 Å². The molecule has 1 unspecified atom stereocenters. The van der Waals surface area contributed by atoms with E-state index >= 15 is 0 Å². The zero-order valence-corrected chi connectivity index (χ0v) is 12.0. The molecule has 0 amide bonds. The zero-order chi connectivity index (χ0) is 12.3. The Bertz CT molecular complexity index is 355. The van der Waals surface area contributed by atoms with Gasteiger partial charge in [0.15, 0.2) is 0 Å². The van der Waals surface area contributed by atoms with E-state index in [1.54, 1.807) is 0 Å². The van der Waals surface area contributed by atoms with Gasteiger partial charge in [-0.15, -0.1) is 12.4 Å². The van der Waals surface area contributed by atoms with Gasteiger partial charge < -0.3 is 10.8 Å². The molecule has 3 atom stereocenters. The summed E-state index contributed by atoms with van der Waals surface area (Å²) in [6.45, 7) is 0.587. The lowest BCUT2D eigenvalue weighted by Gasteiger charge is -2.34. The van der Waals surface area contributed by atoms with E-state index in [2.05, 4.69) is 0 Å². The van der Waals surface area contributed by atoms with Gasteiger partial charge in [0.05, 0.1) is 6.10 Å². The highest BCUT2D eigenvalue weighted by molar-refractivity contribution is 6.30. The normalized spacial score (nSPS) is 25.3. The molecule has 0 bridgehead atoms. The third-order valence-electron chi connectivity index (χ3n) is 3.85. The summed E-state index contributed by atoms with van der Waals surface area (Å²) in [6.07, 6.45) is 4.12. The van der Waals surface area contributed by atoms with E-state index in [4.69, 9.17) is 17.3 Å². The maximum atomic E-state index is 10.1. The number of hydrogen-bond acceptors (Lipinski definition) is 2. The molecule has 1 aliphatic carbocycles. The van der Waals surface area contributed by atoms with Crippen molar-refractivity contribution in [2.75, 3.05) is 6.54 Å². The summed E-state index contributed by atoms with van der Waals surface area (Å²) in [7, 11) is 0. The van der Waals surface area contributed by atoms with Crippen molar-refractivity contribution in [3.8, 4) is 0 Å². The number of hydrogen-bond donors (Lipinski definition) is 2. The molecule has 2 rings (SSSR count). The van der Waals surface area contributed by atoms with Gasteiger partial charge in [-0.2, -0.15) is 0 Å². The minimum atomic E-state index is -0.201. The number of halogens is 2. The Labute approximate surface area is 120 Å². The minimum absolute atomic E-state index is 0. The second-order valence-corrected chi connectivity index (χ2v) is 5.35. The largest absolute Gasteiger partial charge is 0.393 e. The van der Waals surface area contributed by atoms with Crippen LogP contribution in [0.3, 0.4) is 0 Å². The van der Waals surface area contributed by atoms with E-state index in [0.717, 1.165) is 24.3 Å². The van der Waals surface area contributed by atoms with Gasteiger partial charge in [0.1, 0.15) is 0 Å². The molecular weight excluding hydrogens is 269 g/mol. The Balaban J connectivity index is 0.00000162. The van der Waals surface area contributed by atoms with Crippen molar-refractivity contribution >= 4 is 24.0 Å². The zero-order valence-electron chi connectivity index (χ0n) is 10.4. The maximum Gasteiger partial charge on any atom is 0.0574 e. The number of aliphatic hydroxyl groups is 1. The van der Waals surface area contributed by atoms with E-state index in [0.29, 0.717) is 12.5 Å². The number of rotatable bonds is 3. The minimum Gasteiger partial charge on any atom is -0.393 e. The van der Waals surface area contributed by atoms with Gasteiger partial charge in [0.2, 0.25) is 0 Å². The van der Waals surface area contributed by atoms with Crippen LogP contribution >= 0.6 is 24.0 Å². The van der Waals surface area contributed by atoms with E-state index < -0.39 is 0 Å². The SMILES string of the molecule is Cl.NCC(c1ccc(Cl)cc1)[C@@H]1CCCC[C@@H]1O. The Hall–Kier alpha value is -0.280. The molecule has 1 fully saturated rings. The Morgan fingerprint density at radius 2 is 1.83 bits per heavy atom. The van der Waals surface area contributed by atoms with Crippen molar-refractivity contribution in [1.29, 1.82) is 0 Å². The molecule has 0 radical (unpaired) electrons. The van der Waals surface area contributed by atoms with Crippen LogP contribution in [-0.2, 0) is 0 Å². The van der Waals surface area contributed by atoms with Gasteiger partial charge in [-0.1, -0.05) is 36.6 Å². The van der Waals surface area contributed by atoms with Gasteiger partial charge in [-0.25, -0.2) is 0 Å². The molecule has 0 heterocycles. The third kappa shape index (κ3) is 3.61. The van der Waals surface area contributed by atoms with Crippen LogP contribution < -0.4 is 5.73 Å². The van der Waals surface area contributed by atoms with Crippen molar-refractivity contribution in [3.05, 3.63) is 34.9 Å². The average Bonchev–Trinajstić information content (AvgIpc) is 2.35. The molecule has 2 nitrogen and oxygen atoms in total. The van der Waals surface area contributed by atoms with Crippen LogP contribution in [0.15, 0.2) is 24.3 Å². The highest BCUT2D eigenvalue weighted by Gasteiger charge is 2.30. The lowest BCUT2D eigenvalue weighted by molar-refractivity contribution is 0.0561. The number of aliphatic hydroxyl groups excluding tert-OH is 1. The topological polar surface area (TPSA) is 46.2 Å². The van der Waals surface area contributed by atoms with Gasteiger partial charge >= 0.3 is 0 Å². The fraction of sp³-hybridized carbons (Fsp3) is 0.571. The summed E-state index contributed by atoms with van der Waals surface area (Å²) < 4.78 is 0. The molecule has 102 valence electrons. The molecule has 1 aromatic rings. The second-order valence-electron chi connectivity index (χ2n) is 4.91. The molecule has 4 heteroatoms. The molecule has 18 heavy (non-hydrogen) atoms. The van der Waals surface area contributed by atoms with Crippen LogP contribution in [0.2, 0.25) is 5.02 Å². The van der Waals surface area contributed by atoms with Gasteiger partial charge in [-0.3, -0.25) is 0 Å². The lowest BCUT2D eigenvalue weighted by Crippen LogP contribution is -2.33. The number of nitrogens with two attached hydrogens (primary N) is 1. The summed E-state index contributed by atoms with van der Waals surface area (Å²) in [5, 5.41) is 10.8. The molecule has 1 aromatic carbocycles. The summed E-state index contributed by atoms with van der Waals surface area (Å²) in [4.78, 5) is 0. The molecule has 1 saturated carbocycles. The van der Waals surface area contributed by atoms with Crippen LogP contribution in [0.4, 0.5) is 0 Å². The molecular formula is C14H21Cl2NO. The Morgan fingerprint density at radius 3 is 2.39 bits per heavy atom. The maximum absolute atomic E-state index is 10.1. The lowest BCUT2D eigenvalue weighted by atomic mass is 9.75. The fourth-order valence-electron chi connectivity index (χ4n) is 2.88. The quantitative estimate of drug-likeness (QED) is 0.896. The molecule has 0 aliphatic heterocycles. The van der Waals surface area contributed by atoms with E-state index in [-0.39, 0.29) is 24.4 Å². The van der Waals surface area contributed by atoms with Gasteiger partial charge in [-0.05, 0) is 43.0 Å². The third-order valence-corrected chi connectivity index (χ3v) is 4.10. The van der Waals surface area contributed by atoms with Crippen LogP contribution in [0, 0.1) is 5.92 Å². The van der Waals surface area contributed by atoms with Crippen LogP contribution in [0.1, 0.15) is 37.2 Å². The van der Waals surface area contributed by atoms with Gasteiger partial charge in [0.25, 0.3) is 0 Å². The second kappa shape index (κ2) is 7.34. The Morgan fingerprint density at radius 1 is 1.22 bits per heavy atom. The monoisotopic (exact) mass is 289 g/mol. The first-order valence-corrected chi connectivity index (χ1v) is 6.73. The molecule has 0 aromatic heterocycles. The molecule has 0 spiro atoms. The van der Waals surface area contributed by atoms with Crippen LogP contribution in [0.25, 0.3) is 0 Å². The van der Waals surface area contributed by atoms with Crippen LogP contribution in [0.5, 0.6) is 0 Å². The summed E-state index contributed by atoms with van der Waals surface area (Å²) in [6, 6.07) is 7.85. The predicted molar refractivity (Wildman–Crippen MR) is 78.5 cm³/mol. The smallest absolute Gasteiger partial charge is 0.0574 e. The van der Waals surface area contributed by atoms with Crippen molar-refractivity contribution in [2.24, 2.45) is 11.7 Å². The highest BCUT2D eigenvalue weighted by atomic mass is 35.5. The van der Waals surface area contributed by atoms with Crippen molar-refractivity contribution in [2.45, 2.75) is 37.7 Å². The highest BCUT2D eigenvalue weighted by Crippen LogP contribution is 2.36. The standard InChI is InChI=1S/C14H20ClNO.ClH/c15-11-7-5-10(6-8-11)13(9-16)12-3-1-2-4-14(12)17;/h5-8,12-14,17H,1-4,9,16H2;1H/t12-,13?,14-;/m0./s1. The van der Waals surface area contributed by atoms with Crippen molar-refractivity contribution in [3.63, 3.8) is 0 Å². The first-order chi connectivity index (χ1) is 8.22. The molecule has 1 aliphatic rings. The first kappa shape index (κ1) is 15.8. The van der Waals surface area contributed by atoms with Crippen LogP contribution in [-0.4, -0.2) is 17.8 Å². The summed E-state index contributed by atoms with van der Waals surface area (Å²) in [5.74, 6) is 0.553. The van der Waals surface area contributed by atoms with Crippen molar-refractivity contribution < 1.29 is 5.11 Å². The number of benzene rings is 1. The van der Waals surface area contributed by atoms with Crippen molar-refractivity contribution in [1.82, 2.24) is 0 Å².